The standard InChI is InChI=1S/C11H16BrN3O3S/c1-15(5-6-19(2,17)18)10-4-3-8(7-9(10)12)11(13)14-16/h3-4,7,16H,5-6H2,1-2H3,(H2,13,14). The highest BCUT2D eigenvalue weighted by molar-refractivity contribution is 9.10. The molecule has 0 spiro atoms. The monoisotopic (exact) mass is 349 g/mol. The van der Waals surface area contributed by atoms with Crippen molar-refractivity contribution >= 4 is 37.3 Å². The summed E-state index contributed by atoms with van der Waals surface area (Å²) in [5.74, 6) is 0.101. The fraction of sp³-hybridized carbons (Fsp3) is 0.364. The fourth-order valence-corrected chi connectivity index (χ4v) is 2.74. The zero-order valence-electron chi connectivity index (χ0n) is 10.7. The SMILES string of the molecule is CN(CCS(C)(=O)=O)c1ccc(/C(N)=N/O)cc1Br. The van der Waals surface area contributed by atoms with Crippen LogP contribution in [0.1, 0.15) is 5.56 Å². The quantitative estimate of drug-likeness (QED) is 0.358. The smallest absolute Gasteiger partial charge is 0.170 e. The largest absolute Gasteiger partial charge is 0.409 e. The highest BCUT2D eigenvalue weighted by atomic mass is 79.9. The third-order valence-corrected chi connectivity index (χ3v) is 4.12. The summed E-state index contributed by atoms with van der Waals surface area (Å²) in [5.41, 5.74) is 6.90. The number of nitrogens with two attached hydrogens (primary N) is 1. The normalized spacial score (nSPS) is 12.5. The van der Waals surface area contributed by atoms with Gasteiger partial charge in [-0.3, -0.25) is 0 Å². The Bertz CT molecular complexity index is 587. The van der Waals surface area contributed by atoms with Crippen LogP contribution in [-0.4, -0.2) is 45.1 Å². The van der Waals surface area contributed by atoms with Crippen molar-refractivity contribution < 1.29 is 13.6 Å². The summed E-state index contributed by atoms with van der Waals surface area (Å²) in [7, 11) is -1.19. The zero-order chi connectivity index (χ0) is 14.6. The predicted octanol–water partition coefficient (Wildman–Crippen LogP) is 1.02. The topological polar surface area (TPSA) is 96.0 Å². The molecule has 0 fully saturated rings. The van der Waals surface area contributed by atoms with Gasteiger partial charge in [-0.2, -0.15) is 0 Å². The first-order chi connectivity index (χ1) is 8.74. The fourth-order valence-electron chi connectivity index (χ4n) is 1.46. The van der Waals surface area contributed by atoms with Crippen molar-refractivity contribution in [1.29, 1.82) is 0 Å². The van der Waals surface area contributed by atoms with Gasteiger partial charge in [-0.1, -0.05) is 5.16 Å². The molecule has 19 heavy (non-hydrogen) atoms. The second kappa shape index (κ2) is 6.25. The molecule has 0 aromatic heterocycles. The van der Waals surface area contributed by atoms with E-state index in [1.807, 2.05) is 4.90 Å². The van der Waals surface area contributed by atoms with Gasteiger partial charge in [0.05, 0.1) is 11.4 Å². The zero-order valence-corrected chi connectivity index (χ0v) is 13.1. The van der Waals surface area contributed by atoms with E-state index >= 15 is 0 Å². The number of anilines is 1. The minimum atomic E-state index is -2.99. The number of benzene rings is 1. The number of hydrogen-bond donors (Lipinski definition) is 2. The van der Waals surface area contributed by atoms with E-state index in [1.165, 1.54) is 6.26 Å². The first-order valence-electron chi connectivity index (χ1n) is 5.41. The second-order valence-electron chi connectivity index (χ2n) is 4.20. The van der Waals surface area contributed by atoms with Gasteiger partial charge in [-0.15, -0.1) is 0 Å². The van der Waals surface area contributed by atoms with Crippen LogP contribution in [0.5, 0.6) is 0 Å². The average molecular weight is 350 g/mol. The molecule has 0 bridgehead atoms. The Kier molecular flexibility index (Phi) is 5.19. The maximum absolute atomic E-state index is 11.1. The highest BCUT2D eigenvalue weighted by Crippen LogP contribution is 2.26. The molecule has 106 valence electrons. The summed E-state index contributed by atoms with van der Waals surface area (Å²) in [6, 6.07) is 5.19. The number of halogens is 1. The van der Waals surface area contributed by atoms with Gasteiger partial charge in [0.15, 0.2) is 5.84 Å². The number of nitrogens with zero attached hydrogens (tertiary/aromatic N) is 2. The molecule has 1 rings (SSSR count). The Morgan fingerprint density at radius 1 is 1.53 bits per heavy atom. The summed E-state index contributed by atoms with van der Waals surface area (Å²) in [6.45, 7) is 0.389. The highest BCUT2D eigenvalue weighted by Gasteiger charge is 2.10. The van der Waals surface area contributed by atoms with Crippen LogP contribution in [0, 0.1) is 0 Å². The van der Waals surface area contributed by atoms with Crippen LogP contribution < -0.4 is 10.6 Å². The first kappa shape index (κ1) is 15.8. The van der Waals surface area contributed by atoms with E-state index in [-0.39, 0.29) is 11.6 Å². The average Bonchev–Trinajstić information content (AvgIpc) is 2.34. The lowest BCUT2D eigenvalue weighted by Crippen LogP contribution is -2.25. The van der Waals surface area contributed by atoms with Gasteiger partial charge < -0.3 is 15.8 Å². The second-order valence-corrected chi connectivity index (χ2v) is 7.32. The molecule has 6 nitrogen and oxygen atoms in total. The molecule has 1 aromatic rings. The molecule has 0 saturated heterocycles. The Morgan fingerprint density at radius 2 is 2.16 bits per heavy atom. The number of amidine groups is 1. The Balaban J connectivity index is 2.90. The van der Waals surface area contributed by atoms with Gasteiger partial charge in [0.2, 0.25) is 0 Å². The van der Waals surface area contributed by atoms with Crippen LogP contribution >= 0.6 is 15.9 Å². The van der Waals surface area contributed by atoms with Gasteiger partial charge >= 0.3 is 0 Å². The van der Waals surface area contributed by atoms with Crippen molar-refractivity contribution in [3.63, 3.8) is 0 Å². The van der Waals surface area contributed by atoms with E-state index in [0.717, 1.165) is 10.2 Å². The predicted molar refractivity (Wildman–Crippen MR) is 79.6 cm³/mol. The minimum Gasteiger partial charge on any atom is -0.409 e. The molecule has 0 saturated carbocycles. The van der Waals surface area contributed by atoms with E-state index in [1.54, 1.807) is 25.2 Å². The van der Waals surface area contributed by atoms with Gasteiger partial charge in [0.25, 0.3) is 0 Å². The molecule has 0 radical (unpaired) electrons. The molecular formula is C11H16BrN3O3S. The molecule has 0 heterocycles. The third kappa shape index (κ3) is 4.71. The van der Waals surface area contributed by atoms with Crippen molar-refractivity contribution in [3.05, 3.63) is 28.2 Å². The summed E-state index contributed by atoms with van der Waals surface area (Å²) in [4.78, 5) is 1.82. The molecule has 0 aliphatic heterocycles. The van der Waals surface area contributed by atoms with E-state index in [0.29, 0.717) is 12.1 Å². The van der Waals surface area contributed by atoms with Crippen molar-refractivity contribution in [1.82, 2.24) is 0 Å². The molecule has 3 N–H and O–H groups in total. The number of oxime groups is 1. The van der Waals surface area contributed by atoms with Gasteiger partial charge in [0.1, 0.15) is 9.84 Å². The molecule has 1 aromatic carbocycles. The first-order valence-corrected chi connectivity index (χ1v) is 8.26. The van der Waals surface area contributed by atoms with Crippen LogP contribution in [0.25, 0.3) is 0 Å². The summed E-state index contributed by atoms with van der Waals surface area (Å²) in [6.07, 6.45) is 1.21. The van der Waals surface area contributed by atoms with Crippen molar-refractivity contribution in [2.24, 2.45) is 10.9 Å². The van der Waals surface area contributed by atoms with E-state index in [9.17, 15) is 8.42 Å². The Morgan fingerprint density at radius 3 is 2.63 bits per heavy atom. The summed E-state index contributed by atoms with van der Waals surface area (Å²) >= 11 is 3.38. The molecular weight excluding hydrogens is 334 g/mol. The lowest BCUT2D eigenvalue weighted by Gasteiger charge is -2.20. The Hall–Kier alpha value is -1.28. The Labute approximate surface area is 120 Å². The van der Waals surface area contributed by atoms with Crippen LogP contribution in [0.3, 0.4) is 0 Å². The van der Waals surface area contributed by atoms with E-state index in [4.69, 9.17) is 10.9 Å². The number of hydrogen-bond acceptors (Lipinski definition) is 5. The van der Waals surface area contributed by atoms with Crippen LogP contribution in [0.15, 0.2) is 27.8 Å². The maximum Gasteiger partial charge on any atom is 0.170 e. The lowest BCUT2D eigenvalue weighted by molar-refractivity contribution is 0.318. The minimum absolute atomic E-state index is 0.0195. The number of rotatable bonds is 5. The summed E-state index contributed by atoms with van der Waals surface area (Å²) < 4.78 is 23.0. The third-order valence-electron chi connectivity index (χ3n) is 2.56. The van der Waals surface area contributed by atoms with Crippen LogP contribution in [0.4, 0.5) is 5.69 Å². The van der Waals surface area contributed by atoms with Gasteiger partial charge in [-0.25, -0.2) is 8.42 Å². The van der Waals surface area contributed by atoms with E-state index in [2.05, 4.69) is 21.1 Å². The van der Waals surface area contributed by atoms with Crippen molar-refractivity contribution in [2.75, 3.05) is 30.5 Å². The molecule has 0 amide bonds. The molecule has 0 aliphatic carbocycles. The van der Waals surface area contributed by atoms with E-state index < -0.39 is 9.84 Å². The molecule has 0 atom stereocenters. The summed E-state index contributed by atoms with van der Waals surface area (Å²) in [5, 5.41) is 11.5. The van der Waals surface area contributed by atoms with Crippen molar-refractivity contribution in [3.8, 4) is 0 Å². The molecule has 0 aliphatic rings. The van der Waals surface area contributed by atoms with Crippen LogP contribution in [0.2, 0.25) is 0 Å². The maximum atomic E-state index is 11.1. The van der Waals surface area contributed by atoms with Crippen molar-refractivity contribution in [2.45, 2.75) is 0 Å². The molecule has 0 unspecified atom stereocenters. The number of sulfone groups is 1. The van der Waals surface area contributed by atoms with Crippen LogP contribution in [-0.2, 0) is 9.84 Å². The molecule has 8 heteroatoms. The van der Waals surface area contributed by atoms with Gasteiger partial charge in [-0.05, 0) is 34.1 Å². The van der Waals surface area contributed by atoms with Gasteiger partial charge in [0, 0.05) is 29.9 Å². The lowest BCUT2D eigenvalue weighted by atomic mass is 10.2.